The van der Waals surface area contributed by atoms with Gasteiger partial charge in [-0.05, 0) is 19.3 Å². The minimum absolute atomic E-state index is 0.525. The van der Waals surface area contributed by atoms with Gasteiger partial charge in [0.2, 0.25) is 0 Å². The van der Waals surface area contributed by atoms with Gasteiger partial charge in [0.15, 0.2) is 6.29 Å². The first-order chi connectivity index (χ1) is 7.81. The zero-order valence-corrected chi connectivity index (χ0v) is 11.2. The van der Waals surface area contributed by atoms with Crippen LogP contribution in [0.2, 0.25) is 0 Å². The second kappa shape index (κ2) is 13.0. The highest BCUT2D eigenvalue weighted by Gasteiger charge is 2.02. The van der Waals surface area contributed by atoms with Gasteiger partial charge in [0.1, 0.15) is 0 Å². The van der Waals surface area contributed by atoms with Crippen LogP contribution in [0.15, 0.2) is 0 Å². The molecular weight excluding hydrogens is 200 g/mol. The fourth-order valence-corrected chi connectivity index (χ4v) is 1.75. The lowest BCUT2D eigenvalue weighted by Crippen LogP contribution is -2.12. The molecule has 0 saturated carbocycles. The topological polar surface area (TPSA) is 29.5 Å². The molecule has 0 saturated heterocycles. The van der Waals surface area contributed by atoms with Crippen molar-refractivity contribution in [2.24, 2.45) is 0 Å². The van der Waals surface area contributed by atoms with Crippen LogP contribution in [-0.4, -0.2) is 18.0 Å². The lowest BCUT2D eigenvalue weighted by atomic mass is 10.1. The van der Waals surface area contributed by atoms with Gasteiger partial charge in [-0.15, -0.1) is 0 Å². The first-order valence-electron chi connectivity index (χ1n) is 7.11. The van der Waals surface area contributed by atoms with E-state index in [9.17, 15) is 5.11 Å². The third-order valence-electron chi connectivity index (χ3n) is 2.86. The van der Waals surface area contributed by atoms with Gasteiger partial charge in [0.25, 0.3) is 0 Å². The van der Waals surface area contributed by atoms with Crippen LogP contribution in [0.4, 0.5) is 0 Å². The Morgan fingerprint density at radius 3 is 2.00 bits per heavy atom. The Morgan fingerprint density at radius 2 is 1.38 bits per heavy atom. The maximum Gasteiger partial charge on any atom is 0.154 e. The molecule has 0 aromatic rings. The second-order valence-electron chi connectivity index (χ2n) is 4.59. The summed E-state index contributed by atoms with van der Waals surface area (Å²) in [5, 5.41) is 9.53. The lowest BCUT2D eigenvalue weighted by Gasteiger charge is -2.11. The maximum atomic E-state index is 9.53. The summed E-state index contributed by atoms with van der Waals surface area (Å²) < 4.78 is 5.36. The van der Waals surface area contributed by atoms with Crippen molar-refractivity contribution in [2.45, 2.75) is 84.3 Å². The summed E-state index contributed by atoms with van der Waals surface area (Å²) in [6, 6.07) is 0. The molecule has 1 N–H and O–H groups in total. The summed E-state index contributed by atoms with van der Waals surface area (Å²) in [5.41, 5.74) is 0. The van der Waals surface area contributed by atoms with E-state index in [0.29, 0.717) is 0 Å². The Kier molecular flexibility index (Phi) is 12.9. The van der Waals surface area contributed by atoms with Gasteiger partial charge < -0.3 is 9.84 Å². The number of aliphatic hydroxyl groups is 1. The molecule has 0 heterocycles. The first kappa shape index (κ1) is 15.9. The molecule has 0 amide bonds. The molecule has 0 aromatic carbocycles. The van der Waals surface area contributed by atoms with Crippen LogP contribution in [0.25, 0.3) is 0 Å². The SMILES string of the molecule is CCCCCCCOC(O)CCCCCC. The Bertz CT molecular complexity index is 126. The number of unbranched alkanes of at least 4 members (excludes halogenated alkanes) is 7. The molecule has 0 aromatic heterocycles. The zero-order chi connectivity index (χ0) is 12.1. The predicted octanol–water partition coefficient (Wildman–Crippen LogP) is 4.26. The van der Waals surface area contributed by atoms with E-state index in [1.165, 1.54) is 44.9 Å². The van der Waals surface area contributed by atoms with Gasteiger partial charge >= 0.3 is 0 Å². The number of hydrogen-bond acceptors (Lipinski definition) is 2. The van der Waals surface area contributed by atoms with Gasteiger partial charge in [-0.2, -0.15) is 0 Å². The Balaban J connectivity index is 3.08. The summed E-state index contributed by atoms with van der Waals surface area (Å²) in [6.45, 7) is 5.14. The predicted molar refractivity (Wildman–Crippen MR) is 69.5 cm³/mol. The second-order valence-corrected chi connectivity index (χ2v) is 4.59. The molecule has 0 aliphatic carbocycles. The summed E-state index contributed by atoms with van der Waals surface area (Å²) >= 11 is 0. The normalized spacial score (nSPS) is 12.9. The van der Waals surface area contributed by atoms with E-state index in [4.69, 9.17) is 4.74 Å². The van der Waals surface area contributed by atoms with Crippen LogP contribution in [0, 0.1) is 0 Å². The van der Waals surface area contributed by atoms with Gasteiger partial charge in [-0.25, -0.2) is 0 Å². The fraction of sp³-hybridized carbons (Fsp3) is 1.00. The molecule has 0 aliphatic heterocycles. The van der Waals surface area contributed by atoms with Crippen molar-refractivity contribution in [3.63, 3.8) is 0 Å². The minimum Gasteiger partial charge on any atom is -0.368 e. The van der Waals surface area contributed by atoms with E-state index in [2.05, 4.69) is 13.8 Å². The maximum absolute atomic E-state index is 9.53. The molecule has 1 unspecified atom stereocenters. The smallest absolute Gasteiger partial charge is 0.154 e. The number of ether oxygens (including phenoxy) is 1. The van der Waals surface area contributed by atoms with Crippen molar-refractivity contribution < 1.29 is 9.84 Å². The van der Waals surface area contributed by atoms with E-state index in [0.717, 1.165) is 25.9 Å². The summed E-state index contributed by atoms with van der Waals surface area (Å²) in [5.74, 6) is 0. The molecular formula is C14H30O2. The van der Waals surface area contributed by atoms with Crippen LogP contribution in [-0.2, 0) is 4.74 Å². The highest BCUT2D eigenvalue weighted by Crippen LogP contribution is 2.08. The standard InChI is InChI=1S/C14H30O2/c1-3-5-7-9-11-13-16-14(15)12-10-8-6-4-2/h14-15H,3-13H2,1-2H3. The van der Waals surface area contributed by atoms with Crippen molar-refractivity contribution in [2.75, 3.05) is 6.61 Å². The molecule has 2 nitrogen and oxygen atoms in total. The third-order valence-corrected chi connectivity index (χ3v) is 2.86. The largest absolute Gasteiger partial charge is 0.368 e. The molecule has 1 atom stereocenters. The quantitative estimate of drug-likeness (QED) is 0.401. The lowest BCUT2D eigenvalue weighted by molar-refractivity contribution is -0.105. The molecule has 0 fully saturated rings. The summed E-state index contributed by atoms with van der Waals surface area (Å²) in [7, 11) is 0. The number of rotatable bonds is 12. The van der Waals surface area contributed by atoms with Crippen LogP contribution in [0.1, 0.15) is 78.1 Å². The Morgan fingerprint density at radius 1 is 0.812 bits per heavy atom. The molecule has 0 radical (unpaired) electrons. The fourth-order valence-electron chi connectivity index (χ4n) is 1.75. The molecule has 98 valence electrons. The van der Waals surface area contributed by atoms with E-state index >= 15 is 0 Å². The Hall–Kier alpha value is -0.0800. The number of hydrogen-bond donors (Lipinski definition) is 1. The van der Waals surface area contributed by atoms with Crippen molar-refractivity contribution in [3.05, 3.63) is 0 Å². The van der Waals surface area contributed by atoms with Gasteiger partial charge in [-0.3, -0.25) is 0 Å². The summed E-state index contributed by atoms with van der Waals surface area (Å²) in [4.78, 5) is 0. The minimum atomic E-state index is -0.525. The van der Waals surface area contributed by atoms with Crippen molar-refractivity contribution in [1.29, 1.82) is 0 Å². The van der Waals surface area contributed by atoms with Gasteiger partial charge in [0.05, 0.1) is 0 Å². The third kappa shape index (κ3) is 12.0. The van der Waals surface area contributed by atoms with Crippen LogP contribution in [0.3, 0.4) is 0 Å². The number of aliphatic hydroxyl groups excluding tert-OH is 1. The van der Waals surface area contributed by atoms with Crippen molar-refractivity contribution in [3.8, 4) is 0 Å². The monoisotopic (exact) mass is 230 g/mol. The summed E-state index contributed by atoms with van der Waals surface area (Å²) in [6.07, 6.45) is 11.3. The van der Waals surface area contributed by atoms with Crippen LogP contribution >= 0.6 is 0 Å². The molecule has 0 bridgehead atoms. The van der Waals surface area contributed by atoms with Crippen molar-refractivity contribution >= 4 is 0 Å². The van der Waals surface area contributed by atoms with E-state index in [1.807, 2.05) is 0 Å². The van der Waals surface area contributed by atoms with Gasteiger partial charge in [0, 0.05) is 6.61 Å². The van der Waals surface area contributed by atoms with E-state index in [-0.39, 0.29) is 0 Å². The molecule has 16 heavy (non-hydrogen) atoms. The highest BCUT2D eigenvalue weighted by molar-refractivity contribution is 4.47. The molecule has 0 spiro atoms. The van der Waals surface area contributed by atoms with Crippen LogP contribution in [0.5, 0.6) is 0 Å². The average Bonchev–Trinajstić information content (AvgIpc) is 2.29. The van der Waals surface area contributed by atoms with E-state index in [1.54, 1.807) is 0 Å². The average molecular weight is 230 g/mol. The molecule has 2 heteroatoms. The van der Waals surface area contributed by atoms with Crippen LogP contribution < -0.4 is 0 Å². The zero-order valence-electron chi connectivity index (χ0n) is 11.2. The molecule has 0 rings (SSSR count). The highest BCUT2D eigenvalue weighted by atomic mass is 16.6. The van der Waals surface area contributed by atoms with E-state index < -0.39 is 6.29 Å². The first-order valence-corrected chi connectivity index (χ1v) is 7.11. The molecule has 0 aliphatic rings. The van der Waals surface area contributed by atoms with Crippen molar-refractivity contribution in [1.82, 2.24) is 0 Å². The van der Waals surface area contributed by atoms with Gasteiger partial charge in [-0.1, -0.05) is 58.8 Å². The Labute approximate surface area is 101 Å².